The van der Waals surface area contributed by atoms with E-state index in [1.165, 1.54) is 7.11 Å². The fourth-order valence-corrected chi connectivity index (χ4v) is 3.63. The van der Waals surface area contributed by atoms with Crippen molar-refractivity contribution in [1.82, 2.24) is 10.1 Å². The Morgan fingerprint density at radius 3 is 2.65 bits per heavy atom. The summed E-state index contributed by atoms with van der Waals surface area (Å²) in [4.78, 5) is 2.23. The molecule has 1 aromatic heterocycles. The Balaban J connectivity index is 2.01. The third-order valence-corrected chi connectivity index (χ3v) is 5.44. The van der Waals surface area contributed by atoms with Crippen LogP contribution in [0.15, 0.2) is 33.7 Å². The molecule has 0 unspecified atom stereocenters. The molecule has 0 fully saturated rings. The molecule has 0 atom stereocenters. The lowest BCUT2D eigenvalue weighted by Crippen LogP contribution is -2.25. The Kier molecular flexibility index (Phi) is 5.43. The molecule has 0 saturated heterocycles. The fraction of sp³-hybridized carbons (Fsp3) is 0.438. The second-order valence-corrected chi connectivity index (χ2v) is 7.65. The average molecular weight is 338 g/mol. The molecule has 2 rings (SSSR count). The summed E-state index contributed by atoms with van der Waals surface area (Å²) in [6.07, 6.45) is 0. The quantitative estimate of drug-likeness (QED) is 0.771. The zero-order valence-corrected chi connectivity index (χ0v) is 14.7. The normalized spacial score (nSPS) is 11.9. The molecule has 0 spiro atoms. The lowest BCUT2D eigenvalue weighted by atomic mass is 10.2. The topological polar surface area (TPSA) is 72.6 Å². The van der Waals surface area contributed by atoms with Crippen LogP contribution >= 0.6 is 0 Å². The van der Waals surface area contributed by atoms with E-state index in [0.717, 1.165) is 17.0 Å². The van der Waals surface area contributed by atoms with Crippen molar-refractivity contribution in [2.24, 2.45) is 0 Å². The van der Waals surface area contributed by atoms with Crippen LogP contribution in [0.1, 0.15) is 17.0 Å². The molecule has 0 amide bonds. The predicted molar refractivity (Wildman–Crippen MR) is 87.4 cm³/mol. The smallest absolute Gasteiger partial charge is 0.179 e. The summed E-state index contributed by atoms with van der Waals surface area (Å²) in [5.41, 5.74) is 1.84. The van der Waals surface area contributed by atoms with Crippen LogP contribution in [0.2, 0.25) is 0 Å². The maximum atomic E-state index is 12.4. The predicted octanol–water partition coefficient (Wildman–Crippen LogP) is 2.21. The van der Waals surface area contributed by atoms with Gasteiger partial charge >= 0.3 is 0 Å². The minimum Gasteiger partial charge on any atom is -0.497 e. The van der Waals surface area contributed by atoms with Crippen LogP contribution < -0.4 is 4.74 Å². The number of aryl methyl sites for hydroxylation is 2. The largest absolute Gasteiger partial charge is 0.497 e. The van der Waals surface area contributed by atoms with Crippen molar-refractivity contribution < 1.29 is 17.7 Å². The molecule has 6 nitrogen and oxygen atoms in total. The van der Waals surface area contributed by atoms with Gasteiger partial charge in [0.2, 0.25) is 0 Å². The van der Waals surface area contributed by atoms with Gasteiger partial charge in [0.05, 0.1) is 23.5 Å². The van der Waals surface area contributed by atoms with E-state index in [0.29, 0.717) is 18.8 Å². The maximum absolute atomic E-state index is 12.4. The first-order valence-electron chi connectivity index (χ1n) is 7.30. The molecule has 0 saturated carbocycles. The Morgan fingerprint density at radius 1 is 1.30 bits per heavy atom. The molecular formula is C16H22N2O4S. The van der Waals surface area contributed by atoms with Crippen LogP contribution in [-0.4, -0.2) is 44.9 Å². The second-order valence-electron chi connectivity index (χ2n) is 5.54. The third kappa shape index (κ3) is 4.33. The number of hydrogen-bond donors (Lipinski definition) is 0. The molecule has 0 aliphatic rings. The molecule has 1 heterocycles. The maximum Gasteiger partial charge on any atom is 0.179 e. The van der Waals surface area contributed by atoms with Crippen LogP contribution in [0.4, 0.5) is 0 Å². The first kappa shape index (κ1) is 17.5. The van der Waals surface area contributed by atoms with Crippen LogP contribution in [0.5, 0.6) is 5.75 Å². The number of benzene rings is 1. The van der Waals surface area contributed by atoms with E-state index < -0.39 is 9.84 Å². The van der Waals surface area contributed by atoms with Gasteiger partial charge in [0.15, 0.2) is 9.84 Å². The number of aromatic nitrogens is 1. The van der Waals surface area contributed by atoms with E-state index in [4.69, 9.17) is 9.26 Å². The van der Waals surface area contributed by atoms with Gasteiger partial charge in [-0.2, -0.15) is 0 Å². The first-order chi connectivity index (χ1) is 10.8. The van der Waals surface area contributed by atoms with Crippen LogP contribution in [0.3, 0.4) is 0 Å². The lowest BCUT2D eigenvalue weighted by Gasteiger charge is -2.16. The van der Waals surface area contributed by atoms with Crippen LogP contribution in [0, 0.1) is 13.8 Å². The first-order valence-corrected chi connectivity index (χ1v) is 8.96. The summed E-state index contributed by atoms with van der Waals surface area (Å²) in [6.45, 7) is 4.77. The highest BCUT2D eigenvalue weighted by atomic mass is 32.2. The number of rotatable bonds is 7. The molecule has 126 valence electrons. The van der Waals surface area contributed by atoms with Crippen molar-refractivity contribution in [3.63, 3.8) is 0 Å². The SMILES string of the molecule is COc1cccc(S(=O)(=O)CCN(C)Cc2c(C)noc2C)c1. The number of hydrogen-bond acceptors (Lipinski definition) is 6. The second kappa shape index (κ2) is 7.14. The van der Waals surface area contributed by atoms with E-state index >= 15 is 0 Å². The van der Waals surface area contributed by atoms with Gasteiger partial charge in [-0.3, -0.25) is 0 Å². The molecule has 0 N–H and O–H groups in total. The highest BCUT2D eigenvalue weighted by Crippen LogP contribution is 2.19. The Bertz CT molecular complexity index is 749. The minimum atomic E-state index is -3.35. The van der Waals surface area contributed by atoms with Gasteiger partial charge in [-0.25, -0.2) is 8.42 Å². The van der Waals surface area contributed by atoms with Gasteiger partial charge in [0.1, 0.15) is 11.5 Å². The summed E-state index contributed by atoms with van der Waals surface area (Å²) in [7, 11) is 0.0511. The van der Waals surface area contributed by atoms with E-state index in [1.807, 2.05) is 25.8 Å². The summed E-state index contributed by atoms with van der Waals surface area (Å²) in [5.74, 6) is 1.35. The molecule has 23 heavy (non-hydrogen) atoms. The number of methoxy groups -OCH3 is 1. The molecule has 7 heteroatoms. The lowest BCUT2D eigenvalue weighted by molar-refractivity contribution is 0.340. The van der Waals surface area contributed by atoms with Gasteiger partial charge in [-0.05, 0) is 39.1 Å². The summed E-state index contributed by atoms with van der Waals surface area (Å²) in [5, 5.41) is 3.91. The van der Waals surface area contributed by atoms with Crippen molar-refractivity contribution in [3.05, 3.63) is 41.3 Å². The number of sulfone groups is 1. The number of ether oxygens (including phenoxy) is 1. The highest BCUT2D eigenvalue weighted by molar-refractivity contribution is 7.91. The fourth-order valence-electron chi connectivity index (χ4n) is 2.27. The highest BCUT2D eigenvalue weighted by Gasteiger charge is 2.17. The summed E-state index contributed by atoms with van der Waals surface area (Å²) < 4.78 is 35.1. The van der Waals surface area contributed by atoms with Gasteiger partial charge < -0.3 is 14.2 Å². The Labute approximate surface area is 137 Å². The average Bonchev–Trinajstić information content (AvgIpc) is 2.85. The van der Waals surface area contributed by atoms with Crippen LogP contribution in [-0.2, 0) is 16.4 Å². The van der Waals surface area contributed by atoms with Crippen molar-refractivity contribution >= 4 is 9.84 Å². The number of nitrogens with zero attached hydrogens (tertiary/aromatic N) is 2. The summed E-state index contributed by atoms with van der Waals surface area (Å²) >= 11 is 0. The van der Waals surface area contributed by atoms with Crippen molar-refractivity contribution in [1.29, 1.82) is 0 Å². The Hall–Kier alpha value is -1.86. The van der Waals surface area contributed by atoms with Gasteiger partial charge in [-0.15, -0.1) is 0 Å². The zero-order chi connectivity index (χ0) is 17.0. The molecule has 0 aliphatic heterocycles. The molecule has 0 bridgehead atoms. The summed E-state index contributed by atoms with van der Waals surface area (Å²) in [6, 6.07) is 6.54. The van der Waals surface area contributed by atoms with E-state index in [9.17, 15) is 8.42 Å². The molecule has 0 radical (unpaired) electrons. The van der Waals surface area contributed by atoms with Crippen LogP contribution in [0.25, 0.3) is 0 Å². The zero-order valence-electron chi connectivity index (χ0n) is 13.9. The van der Waals surface area contributed by atoms with Crippen molar-refractivity contribution in [3.8, 4) is 5.75 Å². The molecular weight excluding hydrogens is 316 g/mol. The molecule has 1 aromatic carbocycles. The van der Waals surface area contributed by atoms with Gasteiger partial charge in [0.25, 0.3) is 0 Å². The van der Waals surface area contributed by atoms with Crippen molar-refractivity contribution in [2.75, 3.05) is 26.5 Å². The van der Waals surface area contributed by atoms with Gasteiger partial charge in [0, 0.05) is 18.7 Å². The van der Waals surface area contributed by atoms with E-state index in [2.05, 4.69) is 5.16 Å². The van der Waals surface area contributed by atoms with E-state index in [1.54, 1.807) is 24.3 Å². The third-order valence-electron chi connectivity index (χ3n) is 3.75. The monoisotopic (exact) mass is 338 g/mol. The van der Waals surface area contributed by atoms with E-state index in [-0.39, 0.29) is 10.6 Å². The van der Waals surface area contributed by atoms with Crippen molar-refractivity contribution in [2.45, 2.75) is 25.3 Å². The molecule has 0 aliphatic carbocycles. The molecule has 2 aromatic rings. The standard InChI is InChI=1S/C16H22N2O4S/c1-12-16(13(2)22-17-12)11-18(3)8-9-23(19,20)15-7-5-6-14(10-15)21-4/h5-7,10H,8-9,11H2,1-4H3. The van der Waals surface area contributed by atoms with Gasteiger partial charge in [-0.1, -0.05) is 11.2 Å². The Morgan fingerprint density at radius 2 is 2.04 bits per heavy atom. The minimum absolute atomic E-state index is 0.0417.